The van der Waals surface area contributed by atoms with Crippen molar-refractivity contribution in [3.8, 4) is 46.0 Å². The molecule has 0 fully saturated rings. The van der Waals surface area contributed by atoms with Crippen LogP contribution in [-0.2, 0) is 0 Å². The van der Waals surface area contributed by atoms with Crippen molar-refractivity contribution in [2.45, 2.75) is 41.5 Å². The number of ketones is 1. The second-order valence-electron chi connectivity index (χ2n) is 30.7. The van der Waals surface area contributed by atoms with Gasteiger partial charge in [0, 0.05) is 76.8 Å². The second kappa shape index (κ2) is 44.5. The number of Topliss-reactive ketones (excluding diaryl/α,β-unsaturated/α-hetero) is 1. The van der Waals surface area contributed by atoms with Gasteiger partial charge in [0.2, 0.25) is 0 Å². The number of rotatable bonds is 16. The van der Waals surface area contributed by atoms with Crippen molar-refractivity contribution in [2.24, 2.45) is 25.5 Å². The van der Waals surface area contributed by atoms with E-state index in [1.807, 2.05) is 218 Å². The maximum atomic E-state index is 12.5. The van der Waals surface area contributed by atoms with E-state index in [0.717, 1.165) is 70.0 Å². The molecule has 0 aliphatic heterocycles. The predicted octanol–water partition coefficient (Wildman–Crippen LogP) is 21.8. The van der Waals surface area contributed by atoms with Crippen LogP contribution in [0.5, 0.6) is 46.0 Å². The highest BCUT2D eigenvalue weighted by atomic mass is 16.3. The number of hydrazone groups is 5. The normalized spacial score (nSPS) is 11.4. The number of amides is 5. The van der Waals surface area contributed by atoms with E-state index in [0.29, 0.717) is 84.0 Å². The second-order valence-corrected chi connectivity index (χ2v) is 30.7. The first-order chi connectivity index (χ1) is 65.3. The topological polar surface area (TPSA) is 386 Å². The maximum absolute atomic E-state index is 12.5. The van der Waals surface area contributed by atoms with Gasteiger partial charge in [0.05, 0.1) is 45.2 Å². The molecule has 0 saturated heterocycles. The van der Waals surface area contributed by atoms with E-state index in [-0.39, 0.29) is 80.6 Å². The number of hydrogen-bond acceptors (Lipinski definition) is 19. The van der Waals surface area contributed by atoms with E-state index in [1.54, 1.807) is 174 Å². The Morgan fingerprint density at radius 3 is 0.659 bits per heavy atom. The number of fused-ring (bicyclic) bond motifs is 7. The summed E-state index contributed by atoms with van der Waals surface area (Å²) >= 11 is 0. The zero-order valence-corrected chi connectivity index (χ0v) is 74.0. The van der Waals surface area contributed by atoms with Gasteiger partial charge in [0.25, 0.3) is 29.5 Å². The summed E-state index contributed by atoms with van der Waals surface area (Å²) in [6, 6.07) is 110. The highest BCUT2D eigenvalue weighted by Gasteiger charge is 2.20. The molecule has 135 heavy (non-hydrogen) atoms. The van der Waals surface area contributed by atoms with Crippen LogP contribution in [-0.4, -0.2) is 105 Å². The minimum absolute atomic E-state index is 0.0793. The number of carbonyl (C=O) groups is 6. The molecule has 0 aliphatic carbocycles. The fourth-order valence-electron chi connectivity index (χ4n) is 14.4. The number of nitrogens with zero attached hydrogens (tertiary/aromatic N) is 5. The van der Waals surface area contributed by atoms with Gasteiger partial charge in [-0.25, -0.2) is 27.1 Å². The molecule has 0 spiro atoms. The number of nitrogens with one attached hydrogen (secondary N) is 5. The van der Waals surface area contributed by atoms with E-state index in [1.165, 1.54) is 19.1 Å². The van der Waals surface area contributed by atoms with Crippen LogP contribution < -0.4 is 27.1 Å². The molecule has 0 atom stereocenters. The van der Waals surface area contributed by atoms with Crippen molar-refractivity contribution in [3.05, 3.63) is 431 Å². The third-order valence-electron chi connectivity index (χ3n) is 21.7. The van der Waals surface area contributed by atoms with Gasteiger partial charge in [0.1, 0.15) is 46.0 Å². The van der Waals surface area contributed by atoms with Gasteiger partial charge >= 0.3 is 0 Å². The SMILES string of the molecule is C/C(=N\NC(=O)c1cc2ccccc2cc1O)c1ccc2ccccc2c1O.C/C(=N\NC(=O)c1ccccc1)c1ccc2ccccc2c1O.C/C(=N\NC(=O)c1ccccc1)c1ccc2ccccc2c1O.C/C(=N\NC(=O)c1ccccc1)c1ccc2ccccc2c1O.C/C(=N\NC(=O)c1ccccc1O)c1ccc2ccccc2c1O.CC(=O)c1ccc2ccccc2c1O. The molecule has 18 aromatic rings. The average Bonchev–Trinajstić information content (AvgIpc) is 0.817. The van der Waals surface area contributed by atoms with Gasteiger partial charge in [-0.3, -0.25) is 28.8 Å². The van der Waals surface area contributed by atoms with Crippen molar-refractivity contribution in [3.63, 3.8) is 0 Å². The molecule has 24 heteroatoms. The highest BCUT2D eigenvalue weighted by Crippen LogP contribution is 2.36. The summed E-state index contributed by atoms with van der Waals surface area (Å²) in [5.41, 5.74) is 20.0. The Bertz CT molecular complexity index is 7300. The molecule has 5 amide bonds. The number of phenols is 8. The summed E-state index contributed by atoms with van der Waals surface area (Å²) in [4.78, 5) is 71.7. The van der Waals surface area contributed by atoms with Crippen LogP contribution in [0.3, 0.4) is 0 Å². The van der Waals surface area contributed by atoms with Crippen LogP contribution >= 0.6 is 0 Å². The summed E-state index contributed by atoms with van der Waals surface area (Å²) in [6.07, 6.45) is 0. The minimum Gasteiger partial charge on any atom is -0.507 e. The Kier molecular flexibility index (Phi) is 31.1. The number of hydrogen-bond donors (Lipinski definition) is 13. The quantitative estimate of drug-likeness (QED) is 0.0243. The van der Waals surface area contributed by atoms with Crippen LogP contribution in [0.2, 0.25) is 0 Å². The summed E-state index contributed by atoms with van der Waals surface area (Å²) in [5.74, 6) is -1.45. The first kappa shape index (κ1) is 94.2. The largest absolute Gasteiger partial charge is 0.507 e. The van der Waals surface area contributed by atoms with Gasteiger partial charge in [-0.2, -0.15) is 25.5 Å². The van der Waals surface area contributed by atoms with Crippen LogP contribution in [0.4, 0.5) is 0 Å². The fourth-order valence-corrected chi connectivity index (χ4v) is 14.4. The Balaban J connectivity index is 0.000000138. The number of para-hydroxylation sites is 1. The predicted molar refractivity (Wildman–Crippen MR) is 535 cm³/mol. The summed E-state index contributed by atoms with van der Waals surface area (Å²) in [6.45, 7) is 10.1. The molecule has 24 nitrogen and oxygen atoms in total. The lowest BCUT2D eigenvalue weighted by molar-refractivity contribution is 0.0944. The Labute approximate surface area is 775 Å². The average molecular weight is 1790 g/mol. The number of benzene rings is 18. The zero-order valence-electron chi connectivity index (χ0n) is 74.0. The first-order valence-electron chi connectivity index (χ1n) is 42.5. The molecule has 0 aliphatic rings. The number of aromatic hydroxyl groups is 8. The number of phenolic OH excluding ortho intramolecular Hbond substituents is 8. The maximum Gasteiger partial charge on any atom is 0.275 e. The van der Waals surface area contributed by atoms with Crippen LogP contribution in [0, 0.1) is 0 Å². The highest BCUT2D eigenvalue weighted by molar-refractivity contribution is 6.13. The lowest BCUT2D eigenvalue weighted by Gasteiger charge is -2.09. The molecule has 13 N–H and O–H groups in total. The molecule has 0 aromatic heterocycles. The van der Waals surface area contributed by atoms with Crippen molar-refractivity contribution >= 4 is 139 Å². The molecular weight excluding hydrogens is 1700 g/mol. The fraction of sp³-hybridized carbons (Fsp3) is 0.0541. The van der Waals surface area contributed by atoms with Crippen molar-refractivity contribution in [1.82, 2.24) is 27.1 Å². The third-order valence-corrected chi connectivity index (χ3v) is 21.7. The monoisotopic (exact) mass is 1790 g/mol. The summed E-state index contributed by atoms with van der Waals surface area (Å²) in [7, 11) is 0. The standard InChI is InChI=1S/C23H18N2O3.C19H16N2O3.3C19H16N2O2.C12H10O2/c1-14(18-11-10-15-6-4-5-9-19(15)22(18)27)24-25-23(28)20-12-16-7-2-3-8-17(16)13-21(20)26;1-12(20-21-19(24)16-8-4-5-9-17(16)22)14-11-10-13-6-2-3-7-15(13)18(14)23;3*1-13(20-21-19(23)15-8-3-2-4-9-15)16-12-11-14-7-5-6-10-17(14)18(16)22;1-8(13)10-7-6-9-4-2-3-5-11(9)12(10)14/h2-13,26-27H,1H3,(H,25,28);2-11,22-23H,1H3,(H,21,24);3*2-12,22H,1H3,(H,21,23);2-7,14H,1H3/b24-14+;20-12+;3*20-13+;. The Morgan fingerprint density at radius 2 is 0.393 bits per heavy atom. The molecular formula is C111H92N10O14. The van der Waals surface area contributed by atoms with Crippen LogP contribution in [0.1, 0.15) is 132 Å². The van der Waals surface area contributed by atoms with Gasteiger partial charge < -0.3 is 40.9 Å². The van der Waals surface area contributed by atoms with E-state index >= 15 is 0 Å². The van der Waals surface area contributed by atoms with Gasteiger partial charge in [0.15, 0.2) is 5.78 Å². The summed E-state index contributed by atoms with van der Waals surface area (Å²) in [5, 5.41) is 114. The molecule has 18 rings (SSSR count). The van der Waals surface area contributed by atoms with Gasteiger partial charge in [-0.1, -0.05) is 273 Å². The first-order valence-corrected chi connectivity index (χ1v) is 42.5. The Morgan fingerprint density at radius 1 is 0.185 bits per heavy atom. The minimum atomic E-state index is -0.525. The summed E-state index contributed by atoms with van der Waals surface area (Å²) < 4.78 is 0. The Hall–Kier alpha value is -18.5. The smallest absolute Gasteiger partial charge is 0.275 e. The molecule has 670 valence electrons. The molecule has 0 heterocycles. The van der Waals surface area contributed by atoms with Crippen molar-refractivity contribution < 1.29 is 69.6 Å². The van der Waals surface area contributed by atoms with Crippen LogP contribution in [0.15, 0.2) is 396 Å². The van der Waals surface area contributed by atoms with Crippen LogP contribution in [0.25, 0.3) is 75.4 Å². The molecule has 0 unspecified atom stereocenters. The van der Waals surface area contributed by atoms with Gasteiger partial charge in [-0.05, 0) is 182 Å². The van der Waals surface area contributed by atoms with E-state index in [2.05, 4.69) is 52.6 Å². The third kappa shape index (κ3) is 23.4. The van der Waals surface area contributed by atoms with E-state index in [4.69, 9.17) is 0 Å². The van der Waals surface area contributed by atoms with Crippen molar-refractivity contribution in [2.75, 3.05) is 0 Å². The lowest BCUT2D eigenvalue weighted by atomic mass is 10.0. The van der Waals surface area contributed by atoms with E-state index < -0.39 is 11.8 Å². The molecule has 0 radical (unpaired) electrons. The molecule has 0 bridgehead atoms. The van der Waals surface area contributed by atoms with Gasteiger partial charge in [-0.15, -0.1) is 0 Å². The lowest BCUT2D eigenvalue weighted by Crippen LogP contribution is -2.19. The molecule has 18 aromatic carbocycles. The zero-order chi connectivity index (χ0) is 95.6. The number of carbonyl (C=O) groups excluding carboxylic acids is 6. The van der Waals surface area contributed by atoms with Crippen molar-refractivity contribution in [1.29, 1.82) is 0 Å². The van der Waals surface area contributed by atoms with E-state index in [9.17, 15) is 69.6 Å². The molecule has 0 saturated carbocycles.